The standard InChI is InChI=1S/C17H12ClFN4O2.C16H12ClFIN3O2.2CH4/c1-2-25-17(24)13-9-23(22-15(13)6-20)8-10-3-11-5-12(18)7-21-16(11)14(19)4-10;1-2-24-16(23)12-8-22(21-15(12)19)7-9-3-10-5-11(17)6-20-14(10)13(18)4-9;;/h3-5,7,9H,2,8H2,1H3;3-6,8H,2,7H2,1H3;2*1H4. The van der Waals surface area contributed by atoms with Crippen LogP contribution in [0.5, 0.6) is 0 Å². The number of esters is 2. The molecule has 2 aromatic carbocycles. The number of fused-ring (bicyclic) bond motifs is 2. The fourth-order valence-corrected chi connectivity index (χ4v) is 5.77. The number of carbonyl (C=O) groups excluding carboxylic acids is 2. The molecule has 0 saturated carbocycles. The van der Waals surface area contributed by atoms with Crippen molar-refractivity contribution in [3.8, 4) is 6.07 Å². The molecule has 4 aromatic heterocycles. The van der Waals surface area contributed by atoms with Crippen LogP contribution in [0.2, 0.25) is 10.0 Å². The summed E-state index contributed by atoms with van der Waals surface area (Å²) < 4.78 is 41.8. The van der Waals surface area contributed by atoms with Gasteiger partial charge in [0.1, 0.15) is 43.6 Å². The molecule has 0 aliphatic carbocycles. The monoisotopic (exact) mass is 849 g/mol. The minimum atomic E-state index is -0.619. The first-order chi connectivity index (χ1) is 23.5. The molecule has 0 amide bonds. The van der Waals surface area contributed by atoms with Crippen LogP contribution in [0.25, 0.3) is 21.8 Å². The SMILES string of the molecule is C.C.CCOC(=O)c1cn(Cc2cc(F)c3ncc(Cl)cc3c2)nc1C#N.CCOC(=O)c1cn(Cc2cc(F)c3ncc(Cl)cc3c2)nc1I. The molecule has 51 heavy (non-hydrogen) atoms. The largest absolute Gasteiger partial charge is 0.462 e. The zero-order valence-corrected chi connectivity index (χ0v) is 29.4. The average molecular weight is 850 g/mol. The van der Waals surface area contributed by atoms with Crippen molar-refractivity contribution in [2.75, 3.05) is 13.2 Å². The van der Waals surface area contributed by atoms with Crippen molar-refractivity contribution in [3.63, 3.8) is 0 Å². The Morgan fingerprint density at radius 2 is 1.24 bits per heavy atom. The Hall–Kier alpha value is -4.72. The highest BCUT2D eigenvalue weighted by Gasteiger charge is 2.19. The Morgan fingerprint density at radius 1 is 0.784 bits per heavy atom. The van der Waals surface area contributed by atoms with Gasteiger partial charge in [-0.2, -0.15) is 15.5 Å². The van der Waals surface area contributed by atoms with E-state index >= 15 is 0 Å². The zero-order valence-electron chi connectivity index (χ0n) is 25.8. The number of aromatic nitrogens is 6. The van der Waals surface area contributed by atoms with E-state index in [0.29, 0.717) is 54.4 Å². The van der Waals surface area contributed by atoms with Crippen LogP contribution < -0.4 is 0 Å². The van der Waals surface area contributed by atoms with Gasteiger partial charge in [-0.3, -0.25) is 19.3 Å². The third-order valence-electron chi connectivity index (χ3n) is 6.79. The Morgan fingerprint density at radius 3 is 1.71 bits per heavy atom. The highest BCUT2D eigenvalue weighted by Crippen LogP contribution is 2.24. The maximum Gasteiger partial charge on any atom is 0.342 e. The molecule has 0 N–H and O–H groups in total. The van der Waals surface area contributed by atoms with Gasteiger partial charge in [-0.25, -0.2) is 18.4 Å². The van der Waals surface area contributed by atoms with Crippen LogP contribution in [0.1, 0.15) is 66.2 Å². The lowest BCUT2D eigenvalue weighted by atomic mass is 10.1. The molecule has 0 bridgehead atoms. The summed E-state index contributed by atoms with van der Waals surface area (Å²) in [7, 11) is 0. The quantitative estimate of drug-likeness (QED) is 0.109. The lowest BCUT2D eigenvalue weighted by Crippen LogP contribution is -2.05. The molecular formula is C35H32Cl2F2IN7O4. The molecule has 6 aromatic rings. The van der Waals surface area contributed by atoms with Crippen LogP contribution in [0.15, 0.2) is 61.2 Å². The fraction of sp³-hybridized carbons (Fsp3) is 0.229. The van der Waals surface area contributed by atoms with Crippen molar-refractivity contribution in [2.24, 2.45) is 0 Å². The van der Waals surface area contributed by atoms with Crippen molar-refractivity contribution in [1.29, 1.82) is 5.26 Å². The van der Waals surface area contributed by atoms with Crippen LogP contribution in [0.3, 0.4) is 0 Å². The van der Waals surface area contributed by atoms with E-state index in [1.165, 1.54) is 35.4 Å². The molecule has 0 fully saturated rings. The fourth-order valence-electron chi connectivity index (χ4n) is 4.80. The Kier molecular flexibility index (Phi) is 14.3. The van der Waals surface area contributed by atoms with Gasteiger partial charge in [-0.15, -0.1) is 0 Å². The van der Waals surface area contributed by atoms with E-state index in [1.807, 2.05) is 28.7 Å². The lowest BCUT2D eigenvalue weighted by molar-refractivity contribution is 0.0516. The van der Waals surface area contributed by atoms with Crippen molar-refractivity contribution in [1.82, 2.24) is 29.5 Å². The van der Waals surface area contributed by atoms with E-state index in [0.717, 1.165) is 0 Å². The number of pyridine rings is 2. The number of halogens is 5. The van der Waals surface area contributed by atoms with Crippen molar-refractivity contribution in [2.45, 2.75) is 41.8 Å². The van der Waals surface area contributed by atoms with Gasteiger partial charge in [0, 0.05) is 35.6 Å². The van der Waals surface area contributed by atoms with Gasteiger partial charge in [-0.05, 0) is 84.0 Å². The summed E-state index contributed by atoms with van der Waals surface area (Å²) in [5.41, 5.74) is 2.21. The molecule has 0 unspecified atom stereocenters. The summed E-state index contributed by atoms with van der Waals surface area (Å²) in [5.74, 6) is -1.95. The minimum absolute atomic E-state index is 0. The number of carbonyl (C=O) groups is 2. The van der Waals surface area contributed by atoms with Crippen LogP contribution in [-0.4, -0.2) is 54.7 Å². The molecule has 0 saturated heterocycles. The van der Waals surface area contributed by atoms with Gasteiger partial charge in [0.15, 0.2) is 5.69 Å². The van der Waals surface area contributed by atoms with Crippen LogP contribution in [-0.2, 0) is 22.6 Å². The number of benzene rings is 2. The zero-order chi connectivity index (χ0) is 35.2. The number of nitrogens with zero attached hydrogens (tertiary/aromatic N) is 7. The lowest BCUT2D eigenvalue weighted by Gasteiger charge is -2.05. The molecule has 0 spiro atoms. The van der Waals surface area contributed by atoms with Crippen molar-refractivity contribution < 1.29 is 27.8 Å². The summed E-state index contributed by atoms with van der Waals surface area (Å²) in [4.78, 5) is 31.6. The number of hydrogen-bond donors (Lipinski definition) is 0. The summed E-state index contributed by atoms with van der Waals surface area (Å²) in [6.07, 6.45) is 5.80. The summed E-state index contributed by atoms with van der Waals surface area (Å²) in [6, 6.07) is 11.4. The predicted octanol–water partition coefficient (Wildman–Crippen LogP) is 8.65. The van der Waals surface area contributed by atoms with E-state index in [2.05, 4.69) is 20.2 Å². The molecule has 6 rings (SSSR count). The van der Waals surface area contributed by atoms with Gasteiger partial charge in [-0.1, -0.05) is 38.1 Å². The number of rotatable bonds is 8. The second-order valence-corrected chi connectivity index (χ2v) is 12.2. The first-order valence-corrected chi connectivity index (χ1v) is 16.3. The van der Waals surface area contributed by atoms with E-state index in [9.17, 15) is 18.4 Å². The van der Waals surface area contributed by atoms with E-state index in [-0.39, 0.29) is 50.3 Å². The average Bonchev–Trinajstić information content (AvgIpc) is 3.63. The molecule has 0 aliphatic rings. The van der Waals surface area contributed by atoms with Gasteiger partial charge in [0.05, 0.1) is 36.3 Å². The first kappa shape index (κ1) is 40.7. The number of nitriles is 1. The molecule has 11 nitrogen and oxygen atoms in total. The highest BCUT2D eigenvalue weighted by atomic mass is 127. The van der Waals surface area contributed by atoms with Gasteiger partial charge in [0.2, 0.25) is 0 Å². The first-order valence-electron chi connectivity index (χ1n) is 14.5. The summed E-state index contributed by atoms with van der Waals surface area (Å²) in [5, 5.41) is 19.5. The third kappa shape index (κ3) is 9.75. The Balaban J connectivity index is 0.000000265. The predicted molar refractivity (Wildman–Crippen MR) is 199 cm³/mol. The van der Waals surface area contributed by atoms with E-state index in [1.54, 1.807) is 49.0 Å². The number of ether oxygens (including phenoxy) is 2. The van der Waals surface area contributed by atoms with Gasteiger partial charge in [0.25, 0.3) is 0 Å². The summed E-state index contributed by atoms with van der Waals surface area (Å²) >= 11 is 13.8. The Bertz CT molecular complexity index is 2260. The molecule has 266 valence electrons. The number of hydrogen-bond acceptors (Lipinski definition) is 9. The second kappa shape index (κ2) is 18.0. The second-order valence-electron chi connectivity index (χ2n) is 10.3. The van der Waals surface area contributed by atoms with Crippen LogP contribution in [0, 0.1) is 26.7 Å². The molecular weight excluding hydrogens is 818 g/mol. The van der Waals surface area contributed by atoms with E-state index in [4.69, 9.17) is 37.9 Å². The highest BCUT2D eigenvalue weighted by molar-refractivity contribution is 14.1. The molecule has 0 radical (unpaired) electrons. The van der Waals surface area contributed by atoms with Gasteiger partial charge < -0.3 is 9.47 Å². The Labute approximate surface area is 316 Å². The smallest absolute Gasteiger partial charge is 0.342 e. The third-order valence-corrected chi connectivity index (χ3v) is 8.00. The van der Waals surface area contributed by atoms with Crippen LogP contribution >= 0.6 is 45.8 Å². The molecule has 0 atom stereocenters. The molecule has 4 heterocycles. The van der Waals surface area contributed by atoms with Crippen molar-refractivity contribution in [3.05, 3.63) is 115 Å². The minimum Gasteiger partial charge on any atom is -0.462 e. The maximum atomic E-state index is 14.2. The van der Waals surface area contributed by atoms with Crippen molar-refractivity contribution >= 4 is 79.5 Å². The van der Waals surface area contributed by atoms with E-state index < -0.39 is 23.6 Å². The van der Waals surface area contributed by atoms with Gasteiger partial charge >= 0.3 is 11.9 Å². The normalized spacial score (nSPS) is 10.4. The molecule has 16 heteroatoms. The maximum absolute atomic E-state index is 14.2. The molecule has 0 aliphatic heterocycles. The topological polar surface area (TPSA) is 138 Å². The van der Waals surface area contributed by atoms with Crippen LogP contribution in [0.4, 0.5) is 8.78 Å². The summed E-state index contributed by atoms with van der Waals surface area (Å²) in [6.45, 7) is 4.39.